The van der Waals surface area contributed by atoms with Gasteiger partial charge >= 0.3 is 11.6 Å². The lowest BCUT2D eigenvalue weighted by Crippen LogP contribution is -2.19. The molecule has 7 heteroatoms. The summed E-state index contributed by atoms with van der Waals surface area (Å²) in [5, 5.41) is 10.3. The van der Waals surface area contributed by atoms with Crippen molar-refractivity contribution in [2.24, 2.45) is 0 Å². The number of aromatic hydroxyl groups is 1. The maximum atomic E-state index is 12.3. The predicted octanol–water partition coefficient (Wildman–Crippen LogP) is 2.12. The molecule has 0 aliphatic carbocycles. The fourth-order valence-electron chi connectivity index (χ4n) is 2.84. The summed E-state index contributed by atoms with van der Waals surface area (Å²) in [6, 6.07) is 6.47. The zero-order chi connectivity index (χ0) is 18.0. The van der Waals surface area contributed by atoms with Gasteiger partial charge in [0.1, 0.15) is 24.7 Å². The van der Waals surface area contributed by atoms with E-state index >= 15 is 0 Å². The standard InChI is InChI=1S/C18H18O7/c1-10-7-13(19)17(18(21)25-10)12(9-16(20)22-2)11-3-4-14-15(8-11)24-6-5-23-14/h3-4,7-8,12,19H,5-6,9H2,1-2H3. The van der Waals surface area contributed by atoms with Crippen LogP contribution in [-0.2, 0) is 9.53 Å². The summed E-state index contributed by atoms with van der Waals surface area (Å²) in [7, 11) is 1.26. The molecule has 1 atom stereocenters. The van der Waals surface area contributed by atoms with Crippen LogP contribution in [0.5, 0.6) is 17.2 Å². The van der Waals surface area contributed by atoms with Crippen molar-refractivity contribution < 1.29 is 28.5 Å². The van der Waals surface area contributed by atoms with Crippen LogP contribution in [0.1, 0.15) is 29.2 Å². The van der Waals surface area contributed by atoms with Gasteiger partial charge < -0.3 is 23.7 Å². The first kappa shape index (κ1) is 16.9. The number of rotatable bonds is 4. The minimum absolute atomic E-state index is 0.00711. The zero-order valence-corrected chi connectivity index (χ0v) is 13.9. The van der Waals surface area contributed by atoms with Crippen LogP contribution in [-0.4, -0.2) is 31.4 Å². The van der Waals surface area contributed by atoms with Gasteiger partial charge in [-0.15, -0.1) is 0 Å². The van der Waals surface area contributed by atoms with Crippen LogP contribution in [0.2, 0.25) is 0 Å². The number of ether oxygens (including phenoxy) is 3. The number of methoxy groups -OCH3 is 1. The molecule has 2 aromatic rings. The monoisotopic (exact) mass is 346 g/mol. The van der Waals surface area contributed by atoms with Crippen LogP contribution < -0.4 is 15.1 Å². The van der Waals surface area contributed by atoms with Crippen LogP contribution in [0.3, 0.4) is 0 Å². The molecule has 132 valence electrons. The van der Waals surface area contributed by atoms with Crippen LogP contribution in [0.15, 0.2) is 33.5 Å². The third kappa shape index (κ3) is 3.45. The Morgan fingerprint density at radius 1 is 1.24 bits per heavy atom. The predicted molar refractivity (Wildman–Crippen MR) is 87.3 cm³/mol. The first-order valence-electron chi connectivity index (χ1n) is 7.79. The maximum Gasteiger partial charge on any atom is 0.343 e. The van der Waals surface area contributed by atoms with Crippen molar-refractivity contribution in [2.45, 2.75) is 19.3 Å². The van der Waals surface area contributed by atoms with E-state index in [1.165, 1.54) is 13.2 Å². The van der Waals surface area contributed by atoms with E-state index in [9.17, 15) is 14.7 Å². The quantitative estimate of drug-likeness (QED) is 0.847. The molecule has 0 spiro atoms. The van der Waals surface area contributed by atoms with Crippen molar-refractivity contribution in [2.75, 3.05) is 20.3 Å². The highest BCUT2D eigenvalue weighted by molar-refractivity contribution is 5.71. The van der Waals surface area contributed by atoms with Gasteiger partial charge in [0.15, 0.2) is 11.5 Å². The molecular formula is C18H18O7. The molecule has 1 aromatic heterocycles. The van der Waals surface area contributed by atoms with Gasteiger partial charge in [-0.25, -0.2) is 4.79 Å². The molecule has 0 saturated heterocycles. The molecule has 3 rings (SSSR count). The number of aryl methyl sites for hydroxylation is 1. The van der Waals surface area contributed by atoms with Gasteiger partial charge in [0.2, 0.25) is 0 Å². The van der Waals surface area contributed by atoms with E-state index in [1.807, 2.05) is 0 Å². The van der Waals surface area contributed by atoms with E-state index in [0.717, 1.165) is 0 Å². The second-order valence-electron chi connectivity index (χ2n) is 5.68. The molecule has 0 amide bonds. The number of hydrogen-bond donors (Lipinski definition) is 1. The molecule has 25 heavy (non-hydrogen) atoms. The smallest absolute Gasteiger partial charge is 0.343 e. The number of benzene rings is 1. The SMILES string of the molecule is COC(=O)CC(c1ccc2c(c1)OCCO2)c1c(O)cc(C)oc1=O. The van der Waals surface area contributed by atoms with Crippen molar-refractivity contribution >= 4 is 5.97 Å². The van der Waals surface area contributed by atoms with E-state index in [4.69, 9.17) is 18.6 Å². The van der Waals surface area contributed by atoms with Crippen LogP contribution in [0.25, 0.3) is 0 Å². The third-order valence-electron chi connectivity index (χ3n) is 4.01. The fraction of sp³-hybridized carbons (Fsp3) is 0.333. The fourth-order valence-corrected chi connectivity index (χ4v) is 2.84. The Bertz CT molecular complexity index is 853. The largest absolute Gasteiger partial charge is 0.507 e. The van der Waals surface area contributed by atoms with Gasteiger partial charge in [-0.2, -0.15) is 0 Å². The number of carbonyl (C=O) groups excluding carboxylic acids is 1. The molecule has 1 aliphatic rings. The topological polar surface area (TPSA) is 95.2 Å². The van der Waals surface area contributed by atoms with E-state index in [2.05, 4.69) is 0 Å². The van der Waals surface area contributed by atoms with Crippen LogP contribution in [0.4, 0.5) is 0 Å². The van der Waals surface area contributed by atoms with Crippen molar-refractivity contribution in [3.05, 3.63) is 51.6 Å². The summed E-state index contributed by atoms with van der Waals surface area (Å²) >= 11 is 0. The summed E-state index contributed by atoms with van der Waals surface area (Å²) in [5.74, 6) is -0.0799. The summed E-state index contributed by atoms with van der Waals surface area (Å²) in [6.07, 6.45) is -0.127. The number of fused-ring (bicyclic) bond motifs is 1. The lowest BCUT2D eigenvalue weighted by molar-refractivity contribution is -0.140. The average Bonchev–Trinajstić information content (AvgIpc) is 2.59. The van der Waals surface area contributed by atoms with Gasteiger partial charge in [0, 0.05) is 12.0 Å². The Kier molecular flexibility index (Phi) is 4.65. The highest BCUT2D eigenvalue weighted by Gasteiger charge is 2.27. The Morgan fingerprint density at radius 2 is 1.96 bits per heavy atom. The Balaban J connectivity index is 2.10. The van der Waals surface area contributed by atoms with Crippen molar-refractivity contribution in [3.8, 4) is 17.2 Å². The van der Waals surface area contributed by atoms with E-state index in [0.29, 0.717) is 30.3 Å². The van der Waals surface area contributed by atoms with Crippen molar-refractivity contribution in [1.82, 2.24) is 0 Å². The van der Waals surface area contributed by atoms with Gasteiger partial charge in [-0.3, -0.25) is 4.79 Å². The van der Waals surface area contributed by atoms with Crippen LogP contribution in [0, 0.1) is 6.92 Å². The molecule has 0 fully saturated rings. The van der Waals surface area contributed by atoms with Gasteiger partial charge in [-0.1, -0.05) is 6.07 Å². The maximum absolute atomic E-state index is 12.3. The molecule has 1 aromatic carbocycles. The van der Waals surface area contributed by atoms with Crippen molar-refractivity contribution in [3.63, 3.8) is 0 Å². The normalized spacial score (nSPS) is 14.0. The summed E-state index contributed by atoms with van der Waals surface area (Å²) in [5.41, 5.74) is -0.0740. The van der Waals surface area contributed by atoms with Gasteiger partial charge in [0.25, 0.3) is 0 Å². The van der Waals surface area contributed by atoms with E-state index in [-0.39, 0.29) is 23.5 Å². The zero-order valence-electron chi connectivity index (χ0n) is 13.9. The molecule has 0 bridgehead atoms. The lowest BCUT2D eigenvalue weighted by atomic mass is 9.88. The molecule has 1 unspecified atom stereocenters. The Labute approximate surface area is 143 Å². The summed E-state index contributed by atoms with van der Waals surface area (Å²) in [4.78, 5) is 24.2. The molecule has 0 saturated carbocycles. The minimum Gasteiger partial charge on any atom is -0.507 e. The molecule has 0 radical (unpaired) electrons. The van der Waals surface area contributed by atoms with Gasteiger partial charge in [0.05, 0.1) is 19.1 Å². The second-order valence-corrected chi connectivity index (χ2v) is 5.68. The van der Waals surface area contributed by atoms with Crippen LogP contribution >= 0.6 is 0 Å². The number of hydrogen-bond acceptors (Lipinski definition) is 7. The number of carbonyl (C=O) groups is 1. The van der Waals surface area contributed by atoms with E-state index < -0.39 is 17.5 Å². The summed E-state index contributed by atoms with van der Waals surface area (Å²) in [6.45, 7) is 2.43. The Hall–Kier alpha value is -2.96. The molecule has 7 nitrogen and oxygen atoms in total. The second kappa shape index (κ2) is 6.88. The van der Waals surface area contributed by atoms with E-state index in [1.54, 1.807) is 25.1 Å². The van der Waals surface area contributed by atoms with Gasteiger partial charge in [-0.05, 0) is 24.6 Å². The number of esters is 1. The third-order valence-corrected chi connectivity index (χ3v) is 4.01. The lowest BCUT2D eigenvalue weighted by Gasteiger charge is -2.22. The van der Waals surface area contributed by atoms with Crippen molar-refractivity contribution in [1.29, 1.82) is 0 Å². The highest BCUT2D eigenvalue weighted by atomic mass is 16.6. The summed E-state index contributed by atoms with van der Waals surface area (Å²) < 4.78 is 20.9. The molecular weight excluding hydrogens is 328 g/mol. The molecule has 1 aliphatic heterocycles. The minimum atomic E-state index is -0.736. The Morgan fingerprint density at radius 3 is 2.64 bits per heavy atom. The molecule has 1 N–H and O–H groups in total. The first-order valence-corrected chi connectivity index (χ1v) is 7.79. The first-order chi connectivity index (χ1) is 12.0. The average molecular weight is 346 g/mol. The molecule has 2 heterocycles. The highest BCUT2D eigenvalue weighted by Crippen LogP contribution is 2.38.